The lowest BCUT2D eigenvalue weighted by atomic mass is 10.1. The molecule has 0 saturated heterocycles. The van der Waals surface area contributed by atoms with E-state index in [1.807, 2.05) is 0 Å². The van der Waals surface area contributed by atoms with E-state index >= 15 is 0 Å². The van der Waals surface area contributed by atoms with Gasteiger partial charge in [0.05, 0.1) is 5.56 Å². The van der Waals surface area contributed by atoms with Crippen molar-refractivity contribution >= 4 is 11.8 Å². The summed E-state index contributed by atoms with van der Waals surface area (Å²) in [5, 5.41) is 14.7. The van der Waals surface area contributed by atoms with Gasteiger partial charge in [0.15, 0.2) is 0 Å². The molecule has 0 aliphatic rings. The quantitative estimate of drug-likeness (QED) is 0.858. The van der Waals surface area contributed by atoms with Gasteiger partial charge in [0, 0.05) is 18.8 Å². The fraction of sp³-hybridized carbons (Fsp3) is 0.417. The van der Waals surface area contributed by atoms with Crippen LogP contribution in [0.3, 0.4) is 0 Å². The lowest BCUT2D eigenvalue weighted by Gasteiger charge is -2.17. The van der Waals surface area contributed by atoms with Crippen molar-refractivity contribution in [3.8, 4) is 0 Å². The van der Waals surface area contributed by atoms with Gasteiger partial charge < -0.3 is 5.32 Å². The van der Waals surface area contributed by atoms with Gasteiger partial charge in [-0.15, -0.1) is 5.10 Å². The molecule has 1 aromatic carbocycles. The zero-order valence-electron chi connectivity index (χ0n) is 11.4. The Kier molecular flexibility index (Phi) is 4.84. The van der Waals surface area contributed by atoms with E-state index in [0.717, 1.165) is 12.1 Å². The lowest BCUT2D eigenvalue weighted by molar-refractivity contribution is -0.137. The Morgan fingerprint density at radius 1 is 1.38 bits per heavy atom. The second-order valence-corrected chi connectivity index (χ2v) is 5.35. The van der Waals surface area contributed by atoms with E-state index in [9.17, 15) is 13.2 Å². The number of alkyl halides is 3. The van der Waals surface area contributed by atoms with E-state index < -0.39 is 11.7 Å². The average Bonchev–Trinajstić information content (AvgIpc) is 2.84. The van der Waals surface area contributed by atoms with E-state index in [-0.39, 0.29) is 6.04 Å². The van der Waals surface area contributed by atoms with Gasteiger partial charge >= 0.3 is 6.18 Å². The Morgan fingerprint density at radius 3 is 2.71 bits per heavy atom. The molecule has 1 N–H and O–H groups in total. The van der Waals surface area contributed by atoms with Gasteiger partial charge in [-0.1, -0.05) is 23.9 Å². The maximum absolute atomic E-state index is 12.7. The smallest absolute Gasteiger partial charge is 0.312 e. The first-order chi connectivity index (χ1) is 9.91. The Balaban J connectivity index is 2.12. The Morgan fingerprint density at radius 2 is 2.14 bits per heavy atom. The van der Waals surface area contributed by atoms with Gasteiger partial charge in [-0.25, -0.2) is 4.68 Å². The van der Waals surface area contributed by atoms with Crippen LogP contribution in [0.2, 0.25) is 0 Å². The third kappa shape index (κ3) is 3.94. The Bertz CT molecular complexity index is 599. The molecule has 0 spiro atoms. The van der Waals surface area contributed by atoms with E-state index in [1.165, 1.54) is 22.5 Å². The first-order valence-corrected chi connectivity index (χ1v) is 7.10. The number of aryl methyl sites for hydroxylation is 1. The van der Waals surface area contributed by atoms with E-state index in [2.05, 4.69) is 20.8 Å². The number of hydrogen-bond donors (Lipinski definition) is 1. The Hall–Kier alpha value is -1.61. The normalized spacial score (nSPS) is 13.4. The number of nitrogens with zero attached hydrogens (tertiary/aromatic N) is 4. The summed E-state index contributed by atoms with van der Waals surface area (Å²) in [4.78, 5) is 0. The molecule has 1 atom stereocenters. The summed E-state index contributed by atoms with van der Waals surface area (Å²) in [5.74, 6) is 0.520. The summed E-state index contributed by atoms with van der Waals surface area (Å²) in [5.41, 5.74) is -0.0690. The van der Waals surface area contributed by atoms with Crippen LogP contribution in [-0.4, -0.2) is 33.0 Å². The molecule has 0 amide bonds. The predicted octanol–water partition coefficient (Wildman–Crippen LogP) is 2.28. The van der Waals surface area contributed by atoms with Crippen molar-refractivity contribution in [2.75, 3.05) is 12.8 Å². The number of hydrogen-bond acceptors (Lipinski definition) is 5. The molecule has 0 aliphatic carbocycles. The van der Waals surface area contributed by atoms with Gasteiger partial charge in [-0.2, -0.15) is 13.2 Å². The molecule has 0 fully saturated rings. The van der Waals surface area contributed by atoms with E-state index in [0.29, 0.717) is 16.5 Å². The topological polar surface area (TPSA) is 55.6 Å². The van der Waals surface area contributed by atoms with Crippen LogP contribution in [0.25, 0.3) is 0 Å². The first-order valence-electron chi connectivity index (χ1n) is 6.11. The fourth-order valence-electron chi connectivity index (χ4n) is 1.78. The van der Waals surface area contributed by atoms with Gasteiger partial charge in [0.2, 0.25) is 5.16 Å². The molecule has 2 rings (SSSR count). The van der Waals surface area contributed by atoms with Gasteiger partial charge in [-0.3, -0.25) is 0 Å². The summed E-state index contributed by atoms with van der Waals surface area (Å²) in [6.45, 7) is 0. The summed E-state index contributed by atoms with van der Waals surface area (Å²) >= 11 is 1.38. The minimum absolute atomic E-state index is 0.228. The summed E-state index contributed by atoms with van der Waals surface area (Å²) in [6.07, 6.45) is -4.34. The van der Waals surface area contributed by atoms with Crippen molar-refractivity contribution in [2.45, 2.75) is 17.4 Å². The predicted molar refractivity (Wildman–Crippen MR) is 72.8 cm³/mol. The molecule has 2 aromatic rings. The van der Waals surface area contributed by atoms with Crippen LogP contribution < -0.4 is 5.32 Å². The SMILES string of the molecule is CNC(CSc1nnnn1C)c1cccc(C(F)(F)F)c1. The van der Waals surface area contributed by atoms with Crippen LogP contribution in [0.4, 0.5) is 13.2 Å². The van der Waals surface area contributed by atoms with Crippen molar-refractivity contribution in [1.29, 1.82) is 0 Å². The molecule has 0 aliphatic heterocycles. The van der Waals surface area contributed by atoms with Crippen LogP contribution in [0.5, 0.6) is 0 Å². The number of nitrogens with one attached hydrogen (secondary N) is 1. The highest BCUT2D eigenvalue weighted by Crippen LogP contribution is 2.31. The van der Waals surface area contributed by atoms with Crippen molar-refractivity contribution in [2.24, 2.45) is 7.05 Å². The largest absolute Gasteiger partial charge is 0.416 e. The molecular formula is C12H14F3N5S. The molecule has 0 bridgehead atoms. The van der Waals surface area contributed by atoms with Crippen molar-refractivity contribution in [1.82, 2.24) is 25.5 Å². The van der Waals surface area contributed by atoms with Crippen molar-refractivity contribution in [3.63, 3.8) is 0 Å². The third-order valence-corrected chi connectivity index (χ3v) is 4.03. The molecule has 0 saturated carbocycles. The summed E-state index contributed by atoms with van der Waals surface area (Å²) < 4.78 is 39.7. The first kappa shape index (κ1) is 15.8. The third-order valence-electron chi connectivity index (χ3n) is 2.93. The minimum atomic E-state index is -4.34. The fourth-order valence-corrected chi connectivity index (χ4v) is 2.77. The average molecular weight is 317 g/mol. The second-order valence-electron chi connectivity index (χ2n) is 4.36. The molecule has 114 valence electrons. The van der Waals surface area contributed by atoms with E-state index in [4.69, 9.17) is 0 Å². The molecule has 0 radical (unpaired) electrons. The molecular weight excluding hydrogens is 303 g/mol. The van der Waals surface area contributed by atoms with Crippen molar-refractivity contribution < 1.29 is 13.2 Å². The van der Waals surface area contributed by atoms with Gasteiger partial charge in [-0.05, 0) is 35.2 Å². The highest BCUT2D eigenvalue weighted by Gasteiger charge is 2.30. The van der Waals surface area contributed by atoms with Gasteiger partial charge in [0.1, 0.15) is 0 Å². The zero-order chi connectivity index (χ0) is 15.5. The summed E-state index contributed by atoms with van der Waals surface area (Å²) in [7, 11) is 3.42. The zero-order valence-corrected chi connectivity index (χ0v) is 12.2. The molecule has 9 heteroatoms. The van der Waals surface area contributed by atoms with Crippen LogP contribution in [0, 0.1) is 0 Å². The number of benzene rings is 1. The van der Waals surface area contributed by atoms with Gasteiger partial charge in [0.25, 0.3) is 0 Å². The monoisotopic (exact) mass is 317 g/mol. The van der Waals surface area contributed by atoms with E-state index in [1.54, 1.807) is 20.2 Å². The van der Waals surface area contributed by atoms with Crippen LogP contribution in [0.15, 0.2) is 29.4 Å². The van der Waals surface area contributed by atoms with Crippen LogP contribution in [0.1, 0.15) is 17.2 Å². The minimum Gasteiger partial charge on any atom is -0.312 e. The standard InChI is InChI=1S/C12H14F3N5S/c1-16-10(7-21-11-17-18-19-20(11)2)8-4-3-5-9(6-8)12(13,14)15/h3-6,10,16H,7H2,1-2H3. The highest BCUT2D eigenvalue weighted by atomic mass is 32.2. The molecule has 21 heavy (non-hydrogen) atoms. The number of halogens is 3. The maximum atomic E-state index is 12.7. The number of aromatic nitrogens is 4. The second kappa shape index (κ2) is 6.44. The number of tetrazole rings is 1. The molecule has 1 aromatic heterocycles. The molecule has 1 heterocycles. The molecule has 1 unspecified atom stereocenters. The maximum Gasteiger partial charge on any atom is 0.416 e. The van der Waals surface area contributed by atoms with Crippen LogP contribution in [-0.2, 0) is 13.2 Å². The van der Waals surface area contributed by atoms with Crippen molar-refractivity contribution in [3.05, 3.63) is 35.4 Å². The Labute approximate surface area is 123 Å². The van der Waals surface area contributed by atoms with Crippen LogP contribution >= 0.6 is 11.8 Å². The summed E-state index contributed by atoms with van der Waals surface area (Å²) in [6, 6.07) is 5.09. The number of rotatable bonds is 5. The number of thioether (sulfide) groups is 1. The lowest BCUT2D eigenvalue weighted by Crippen LogP contribution is -2.19. The highest BCUT2D eigenvalue weighted by molar-refractivity contribution is 7.99. The molecule has 5 nitrogen and oxygen atoms in total.